The molecule has 1 amide bonds. The maximum absolute atomic E-state index is 12.9. The molecule has 1 aliphatic rings. The lowest BCUT2D eigenvalue weighted by Crippen LogP contribution is -2.43. The molecule has 0 aromatic heterocycles. The van der Waals surface area contributed by atoms with Crippen LogP contribution in [0.15, 0.2) is 18.2 Å². The molecule has 1 aromatic carbocycles. The van der Waals surface area contributed by atoms with Crippen molar-refractivity contribution >= 4 is 29.1 Å². The van der Waals surface area contributed by atoms with Crippen LogP contribution in [0.2, 0.25) is 5.02 Å². The van der Waals surface area contributed by atoms with Crippen molar-refractivity contribution in [2.45, 2.75) is 18.7 Å². The number of carbonyl (C=O) groups is 1. The van der Waals surface area contributed by atoms with E-state index >= 15 is 0 Å². The molecule has 2 unspecified atom stereocenters. The number of halogens is 3. The summed E-state index contributed by atoms with van der Waals surface area (Å²) in [4.78, 5) is 13.9. The van der Waals surface area contributed by atoms with Crippen LogP contribution in [0.3, 0.4) is 0 Å². The van der Waals surface area contributed by atoms with E-state index < -0.39 is 5.82 Å². The van der Waals surface area contributed by atoms with Gasteiger partial charge in [-0.3, -0.25) is 4.79 Å². The molecule has 1 aliphatic heterocycles. The molecule has 98 valence electrons. The molecule has 2 nitrogen and oxygen atoms in total. The quantitative estimate of drug-likeness (QED) is 0.724. The van der Waals surface area contributed by atoms with Crippen molar-refractivity contribution in [1.82, 2.24) is 4.90 Å². The molecule has 5 heteroatoms. The van der Waals surface area contributed by atoms with Crippen LogP contribution < -0.4 is 0 Å². The first-order valence-electron chi connectivity index (χ1n) is 5.87. The normalized spacial score (nSPS) is 24.1. The fourth-order valence-electron chi connectivity index (χ4n) is 2.04. The van der Waals surface area contributed by atoms with Gasteiger partial charge in [-0.2, -0.15) is 0 Å². The largest absolute Gasteiger partial charge is 0.337 e. The van der Waals surface area contributed by atoms with Gasteiger partial charge in [0.05, 0.1) is 16.0 Å². The first-order valence-corrected chi connectivity index (χ1v) is 6.69. The van der Waals surface area contributed by atoms with Gasteiger partial charge < -0.3 is 4.90 Å². The summed E-state index contributed by atoms with van der Waals surface area (Å²) in [5.74, 6) is -0.226. The fourth-order valence-corrected chi connectivity index (χ4v) is 2.58. The molecule has 1 heterocycles. The number of nitrogens with zero attached hydrogens (tertiary/aromatic N) is 1. The molecule has 0 spiro atoms. The molecule has 18 heavy (non-hydrogen) atoms. The number of benzene rings is 1. The van der Waals surface area contributed by atoms with Crippen molar-refractivity contribution in [2.75, 3.05) is 13.1 Å². The molecular formula is C13H14Cl2FNO. The standard InChI is InChI=1S/C13H14Cl2FNO/c1-8-4-5-17(7-12(8)15)13(18)10-3-2-9(16)6-11(10)14/h2-3,6,8,12H,4-5,7H2,1H3. The molecule has 0 radical (unpaired) electrons. The second-order valence-electron chi connectivity index (χ2n) is 4.66. The summed E-state index contributed by atoms with van der Waals surface area (Å²) >= 11 is 12.1. The summed E-state index contributed by atoms with van der Waals surface area (Å²) in [5.41, 5.74) is 0.330. The Labute approximate surface area is 116 Å². The van der Waals surface area contributed by atoms with Crippen molar-refractivity contribution in [2.24, 2.45) is 5.92 Å². The van der Waals surface area contributed by atoms with Crippen LogP contribution >= 0.6 is 23.2 Å². The van der Waals surface area contributed by atoms with Crippen LogP contribution in [0, 0.1) is 11.7 Å². The van der Waals surface area contributed by atoms with Crippen LogP contribution in [-0.2, 0) is 0 Å². The highest BCUT2D eigenvalue weighted by molar-refractivity contribution is 6.33. The summed E-state index contributed by atoms with van der Waals surface area (Å²) < 4.78 is 12.9. The maximum Gasteiger partial charge on any atom is 0.255 e. The Balaban J connectivity index is 2.16. The number of rotatable bonds is 1. The van der Waals surface area contributed by atoms with E-state index in [1.54, 1.807) is 4.90 Å². The van der Waals surface area contributed by atoms with Gasteiger partial charge in [-0.1, -0.05) is 18.5 Å². The highest BCUT2D eigenvalue weighted by Gasteiger charge is 2.28. The van der Waals surface area contributed by atoms with E-state index in [0.717, 1.165) is 12.5 Å². The Kier molecular flexibility index (Phi) is 4.13. The monoisotopic (exact) mass is 289 g/mol. The number of likely N-dealkylation sites (tertiary alicyclic amines) is 1. The maximum atomic E-state index is 12.9. The third-order valence-corrected chi connectivity index (χ3v) is 4.20. The number of hydrogen-bond acceptors (Lipinski definition) is 1. The van der Waals surface area contributed by atoms with E-state index in [1.807, 2.05) is 0 Å². The van der Waals surface area contributed by atoms with E-state index in [-0.39, 0.29) is 16.3 Å². The number of alkyl halides is 1. The van der Waals surface area contributed by atoms with Crippen molar-refractivity contribution in [1.29, 1.82) is 0 Å². The van der Waals surface area contributed by atoms with Crippen molar-refractivity contribution < 1.29 is 9.18 Å². The smallest absolute Gasteiger partial charge is 0.255 e. The average Bonchev–Trinajstić information content (AvgIpc) is 2.32. The molecule has 2 rings (SSSR count). The minimum atomic E-state index is -0.445. The van der Waals surface area contributed by atoms with E-state index in [1.165, 1.54) is 12.1 Å². The van der Waals surface area contributed by atoms with E-state index in [4.69, 9.17) is 23.2 Å². The van der Waals surface area contributed by atoms with Crippen LogP contribution in [-0.4, -0.2) is 29.3 Å². The number of piperidine rings is 1. The van der Waals surface area contributed by atoms with Crippen LogP contribution in [0.5, 0.6) is 0 Å². The summed E-state index contributed by atoms with van der Waals surface area (Å²) in [6, 6.07) is 3.81. The molecule has 0 bridgehead atoms. The molecule has 0 N–H and O–H groups in total. The molecule has 0 saturated carbocycles. The predicted molar refractivity (Wildman–Crippen MR) is 70.7 cm³/mol. The van der Waals surface area contributed by atoms with E-state index in [9.17, 15) is 9.18 Å². The minimum absolute atomic E-state index is 0.0399. The van der Waals surface area contributed by atoms with Gasteiger partial charge in [0.15, 0.2) is 0 Å². The molecule has 1 fully saturated rings. The molecule has 0 aliphatic carbocycles. The second-order valence-corrected chi connectivity index (χ2v) is 5.63. The zero-order chi connectivity index (χ0) is 13.3. The Hall–Kier alpha value is -0.800. The van der Waals surface area contributed by atoms with Gasteiger partial charge in [-0.15, -0.1) is 11.6 Å². The summed E-state index contributed by atoms with van der Waals surface area (Å²) in [5, 5.41) is 0.103. The van der Waals surface area contributed by atoms with Gasteiger partial charge in [-0.05, 0) is 30.5 Å². The zero-order valence-electron chi connectivity index (χ0n) is 10.00. The van der Waals surface area contributed by atoms with E-state index in [2.05, 4.69) is 6.92 Å². The van der Waals surface area contributed by atoms with Gasteiger partial charge in [0.2, 0.25) is 0 Å². The Morgan fingerprint density at radius 1 is 1.50 bits per heavy atom. The number of amides is 1. The van der Waals surface area contributed by atoms with Crippen LogP contribution in [0.4, 0.5) is 4.39 Å². The Morgan fingerprint density at radius 2 is 2.22 bits per heavy atom. The third kappa shape index (κ3) is 2.78. The lowest BCUT2D eigenvalue weighted by molar-refractivity contribution is 0.0701. The highest BCUT2D eigenvalue weighted by Crippen LogP contribution is 2.25. The van der Waals surface area contributed by atoms with Crippen molar-refractivity contribution in [3.05, 3.63) is 34.6 Å². The summed E-state index contributed by atoms with van der Waals surface area (Å²) in [6.45, 7) is 3.25. The van der Waals surface area contributed by atoms with Gasteiger partial charge in [0.1, 0.15) is 5.82 Å². The van der Waals surface area contributed by atoms with E-state index in [0.29, 0.717) is 24.6 Å². The fraction of sp³-hybridized carbons (Fsp3) is 0.462. The van der Waals surface area contributed by atoms with Crippen molar-refractivity contribution in [3.63, 3.8) is 0 Å². The lowest BCUT2D eigenvalue weighted by atomic mass is 9.98. The molecule has 1 aromatic rings. The second kappa shape index (κ2) is 5.45. The number of hydrogen-bond donors (Lipinski definition) is 0. The topological polar surface area (TPSA) is 20.3 Å². The summed E-state index contributed by atoms with van der Waals surface area (Å²) in [6.07, 6.45) is 0.874. The molecule has 2 atom stereocenters. The zero-order valence-corrected chi connectivity index (χ0v) is 11.5. The van der Waals surface area contributed by atoms with Gasteiger partial charge in [0, 0.05) is 13.1 Å². The summed E-state index contributed by atoms with van der Waals surface area (Å²) in [7, 11) is 0. The minimum Gasteiger partial charge on any atom is -0.337 e. The van der Waals surface area contributed by atoms with Crippen molar-refractivity contribution in [3.8, 4) is 0 Å². The molecule has 1 saturated heterocycles. The van der Waals surface area contributed by atoms with Gasteiger partial charge in [-0.25, -0.2) is 4.39 Å². The average molecular weight is 290 g/mol. The first-order chi connectivity index (χ1) is 8.49. The molecular weight excluding hydrogens is 276 g/mol. The van der Waals surface area contributed by atoms with Crippen LogP contribution in [0.25, 0.3) is 0 Å². The Bertz CT molecular complexity index is 466. The lowest BCUT2D eigenvalue weighted by Gasteiger charge is -2.34. The third-order valence-electron chi connectivity index (χ3n) is 3.32. The van der Waals surface area contributed by atoms with Gasteiger partial charge in [0.25, 0.3) is 5.91 Å². The first kappa shape index (κ1) is 13.6. The highest BCUT2D eigenvalue weighted by atomic mass is 35.5. The Morgan fingerprint density at radius 3 is 2.83 bits per heavy atom. The van der Waals surface area contributed by atoms with Gasteiger partial charge >= 0.3 is 0 Å². The van der Waals surface area contributed by atoms with Crippen LogP contribution in [0.1, 0.15) is 23.7 Å². The predicted octanol–water partition coefficient (Wildman–Crippen LogP) is 3.57. The number of carbonyl (C=O) groups excluding carboxylic acids is 1. The SMILES string of the molecule is CC1CCN(C(=O)c2ccc(F)cc2Cl)CC1Cl.